The topological polar surface area (TPSA) is 58.6 Å². The van der Waals surface area contributed by atoms with Crippen LogP contribution in [0.5, 0.6) is 0 Å². The molecule has 1 rings (SSSR count). The van der Waals surface area contributed by atoms with Crippen molar-refractivity contribution in [2.45, 2.75) is 19.3 Å². The fraction of sp³-hybridized carbons (Fsp3) is 0.625. The van der Waals surface area contributed by atoms with Crippen LogP contribution in [0.3, 0.4) is 0 Å². The molecule has 0 unspecified atom stereocenters. The van der Waals surface area contributed by atoms with E-state index in [2.05, 4.69) is 10.1 Å². The molecule has 1 amide bonds. The normalized spacial score (nSPS) is 14.9. The van der Waals surface area contributed by atoms with Crippen LogP contribution in [0.15, 0.2) is 11.3 Å². The van der Waals surface area contributed by atoms with Crippen LogP contribution in [0, 0.1) is 0 Å². The SMILES string of the molecule is COC(=O)NCC(O)=C1CCC1. The highest BCUT2D eigenvalue weighted by Gasteiger charge is 2.14. The van der Waals surface area contributed by atoms with Crippen LogP contribution >= 0.6 is 0 Å². The van der Waals surface area contributed by atoms with Crippen LogP contribution in [0.2, 0.25) is 0 Å². The molecule has 1 saturated carbocycles. The van der Waals surface area contributed by atoms with Gasteiger partial charge in [-0.1, -0.05) is 0 Å². The molecule has 1 aliphatic rings. The molecule has 4 heteroatoms. The summed E-state index contributed by atoms with van der Waals surface area (Å²) < 4.78 is 4.35. The van der Waals surface area contributed by atoms with Gasteiger partial charge in [0.25, 0.3) is 0 Å². The molecule has 0 atom stereocenters. The lowest BCUT2D eigenvalue weighted by Gasteiger charge is -2.18. The van der Waals surface area contributed by atoms with Crippen molar-refractivity contribution in [3.8, 4) is 0 Å². The summed E-state index contributed by atoms with van der Waals surface area (Å²) in [7, 11) is 1.29. The van der Waals surface area contributed by atoms with Gasteiger partial charge in [0.2, 0.25) is 0 Å². The molecule has 12 heavy (non-hydrogen) atoms. The largest absolute Gasteiger partial charge is 0.510 e. The number of ether oxygens (including phenoxy) is 1. The Labute approximate surface area is 71.2 Å². The van der Waals surface area contributed by atoms with Crippen molar-refractivity contribution in [1.29, 1.82) is 0 Å². The first-order valence-electron chi connectivity index (χ1n) is 3.95. The summed E-state index contributed by atoms with van der Waals surface area (Å²) in [6, 6.07) is 0. The minimum Gasteiger partial charge on any atom is -0.510 e. The molecule has 0 aromatic heterocycles. The van der Waals surface area contributed by atoms with Crippen molar-refractivity contribution < 1.29 is 14.6 Å². The number of carbonyl (C=O) groups excluding carboxylic acids is 1. The van der Waals surface area contributed by atoms with Gasteiger partial charge in [-0.15, -0.1) is 0 Å². The number of amides is 1. The average Bonchev–Trinajstić information content (AvgIpc) is 1.97. The van der Waals surface area contributed by atoms with E-state index in [1.807, 2.05) is 0 Å². The summed E-state index contributed by atoms with van der Waals surface area (Å²) in [6.07, 6.45) is 2.53. The first-order valence-corrected chi connectivity index (χ1v) is 3.95. The lowest BCUT2D eigenvalue weighted by molar-refractivity contribution is 0.170. The lowest BCUT2D eigenvalue weighted by Crippen LogP contribution is -2.26. The monoisotopic (exact) mass is 171 g/mol. The number of alkyl carbamates (subject to hydrolysis) is 1. The molecule has 4 nitrogen and oxygen atoms in total. The van der Waals surface area contributed by atoms with E-state index in [0.717, 1.165) is 24.8 Å². The predicted molar refractivity (Wildman–Crippen MR) is 43.9 cm³/mol. The molecule has 0 aromatic rings. The van der Waals surface area contributed by atoms with Crippen molar-refractivity contribution in [3.63, 3.8) is 0 Å². The fourth-order valence-corrected chi connectivity index (χ4v) is 0.995. The van der Waals surface area contributed by atoms with Gasteiger partial charge in [-0.2, -0.15) is 0 Å². The van der Waals surface area contributed by atoms with Gasteiger partial charge < -0.3 is 15.2 Å². The van der Waals surface area contributed by atoms with Crippen molar-refractivity contribution in [3.05, 3.63) is 11.3 Å². The summed E-state index contributed by atoms with van der Waals surface area (Å²) in [5.74, 6) is 0.284. The van der Waals surface area contributed by atoms with Crippen LogP contribution in [0.4, 0.5) is 4.79 Å². The smallest absolute Gasteiger partial charge is 0.407 e. The molecule has 0 aromatic carbocycles. The second kappa shape index (κ2) is 3.99. The van der Waals surface area contributed by atoms with Gasteiger partial charge in [0.1, 0.15) is 5.76 Å². The summed E-state index contributed by atoms with van der Waals surface area (Å²) in [6.45, 7) is 0.183. The Morgan fingerprint density at radius 1 is 1.67 bits per heavy atom. The number of nitrogens with one attached hydrogen (secondary N) is 1. The standard InChI is InChI=1S/C8H13NO3/c1-12-8(11)9-5-7(10)6-3-2-4-6/h10H,2-5H2,1H3,(H,9,11). The summed E-state index contributed by atoms with van der Waals surface area (Å²) >= 11 is 0. The van der Waals surface area contributed by atoms with Crippen LogP contribution in [-0.4, -0.2) is 24.9 Å². The van der Waals surface area contributed by atoms with Crippen LogP contribution in [0.1, 0.15) is 19.3 Å². The Bertz CT molecular complexity index is 204. The molecule has 0 spiro atoms. The molecular formula is C8H13NO3. The second-order valence-electron chi connectivity index (χ2n) is 2.75. The van der Waals surface area contributed by atoms with Gasteiger partial charge in [0.15, 0.2) is 0 Å². The molecule has 0 saturated heterocycles. The first kappa shape index (κ1) is 8.90. The first-order chi connectivity index (χ1) is 5.74. The third-order valence-electron chi connectivity index (χ3n) is 1.95. The minimum atomic E-state index is -0.513. The predicted octanol–water partition coefficient (Wildman–Crippen LogP) is 1.34. The third kappa shape index (κ3) is 2.15. The summed E-state index contributed by atoms with van der Waals surface area (Å²) in [5, 5.41) is 11.7. The zero-order valence-electron chi connectivity index (χ0n) is 7.09. The van der Waals surface area contributed by atoms with Gasteiger partial charge >= 0.3 is 6.09 Å². The van der Waals surface area contributed by atoms with Crippen LogP contribution in [0.25, 0.3) is 0 Å². The number of carbonyl (C=O) groups is 1. The molecular weight excluding hydrogens is 158 g/mol. The minimum absolute atomic E-state index is 0.183. The Hall–Kier alpha value is -1.19. The fourth-order valence-electron chi connectivity index (χ4n) is 0.995. The van der Waals surface area contributed by atoms with E-state index in [1.54, 1.807) is 0 Å². The highest BCUT2D eigenvalue weighted by molar-refractivity contribution is 5.67. The zero-order chi connectivity index (χ0) is 8.97. The molecule has 2 N–H and O–H groups in total. The number of allylic oxidation sites excluding steroid dienone is 1. The van der Waals surface area contributed by atoms with Gasteiger partial charge in [0, 0.05) is 0 Å². The molecule has 1 aliphatic carbocycles. The van der Waals surface area contributed by atoms with Gasteiger partial charge in [0.05, 0.1) is 13.7 Å². The molecule has 68 valence electrons. The Balaban J connectivity index is 2.26. The molecule has 0 heterocycles. The number of methoxy groups -OCH3 is 1. The van der Waals surface area contributed by atoms with E-state index < -0.39 is 6.09 Å². The van der Waals surface area contributed by atoms with Gasteiger partial charge in [-0.3, -0.25) is 0 Å². The number of aliphatic hydroxyl groups is 1. The number of rotatable bonds is 2. The van der Waals surface area contributed by atoms with Crippen molar-refractivity contribution in [1.82, 2.24) is 5.32 Å². The average molecular weight is 171 g/mol. The maximum Gasteiger partial charge on any atom is 0.407 e. The lowest BCUT2D eigenvalue weighted by atomic mass is 9.91. The number of hydrogen-bond donors (Lipinski definition) is 2. The Morgan fingerprint density at radius 3 is 2.75 bits per heavy atom. The summed E-state index contributed by atoms with van der Waals surface area (Å²) in [4.78, 5) is 10.6. The second-order valence-corrected chi connectivity index (χ2v) is 2.75. The maximum atomic E-state index is 10.6. The summed E-state index contributed by atoms with van der Waals surface area (Å²) in [5.41, 5.74) is 1.05. The van der Waals surface area contributed by atoms with E-state index >= 15 is 0 Å². The number of hydrogen-bond acceptors (Lipinski definition) is 3. The van der Waals surface area contributed by atoms with E-state index in [-0.39, 0.29) is 12.3 Å². The highest BCUT2D eigenvalue weighted by atomic mass is 16.5. The van der Waals surface area contributed by atoms with E-state index in [9.17, 15) is 9.90 Å². The molecule has 0 aliphatic heterocycles. The molecule has 1 fully saturated rings. The van der Waals surface area contributed by atoms with E-state index in [1.165, 1.54) is 7.11 Å². The molecule has 0 radical (unpaired) electrons. The highest BCUT2D eigenvalue weighted by Crippen LogP contribution is 2.27. The number of aliphatic hydroxyl groups excluding tert-OH is 1. The molecule has 0 bridgehead atoms. The third-order valence-corrected chi connectivity index (χ3v) is 1.95. The van der Waals surface area contributed by atoms with Crippen molar-refractivity contribution in [2.24, 2.45) is 0 Å². The Kier molecular flexibility index (Phi) is 2.96. The quantitative estimate of drug-likeness (QED) is 0.616. The van der Waals surface area contributed by atoms with E-state index in [0.29, 0.717) is 0 Å². The van der Waals surface area contributed by atoms with Crippen molar-refractivity contribution >= 4 is 6.09 Å². The van der Waals surface area contributed by atoms with Crippen LogP contribution in [-0.2, 0) is 4.74 Å². The maximum absolute atomic E-state index is 10.6. The Morgan fingerprint density at radius 2 is 2.33 bits per heavy atom. The van der Waals surface area contributed by atoms with E-state index in [4.69, 9.17) is 0 Å². The van der Waals surface area contributed by atoms with Gasteiger partial charge in [-0.25, -0.2) is 4.79 Å². The van der Waals surface area contributed by atoms with Crippen molar-refractivity contribution in [2.75, 3.05) is 13.7 Å². The van der Waals surface area contributed by atoms with Crippen LogP contribution < -0.4 is 5.32 Å². The van der Waals surface area contributed by atoms with Gasteiger partial charge in [-0.05, 0) is 24.8 Å². The zero-order valence-corrected chi connectivity index (χ0v) is 7.09.